The molecule has 4 N–H and O–H groups in total. The minimum absolute atomic E-state index is 0.219. The number of hydrogen-bond acceptors (Lipinski definition) is 5. The minimum atomic E-state index is -1.09. The van der Waals surface area contributed by atoms with Crippen LogP contribution in [0.1, 0.15) is 35.0 Å². The molecule has 0 aromatic carbocycles. The standard InChI is InChI=1S/C11H17N3O3S/c1-5-10(18-7(3)13-5)6(2)14-11(17)8(12)4-9(15)16/h6,8H,4,12H2,1-3H3,(H,14,17)(H,15,16). The average Bonchev–Trinajstić information content (AvgIpc) is 2.56. The molecule has 7 heteroatoms. The molecule has 2 unspecified atom stereocenters. The summed E-state index contributed by atoms with van der Waals surface area (Å²) in [5, 5.41) is 12.2. The van der Waals surface area contributed by atoms with Crippen LogP contribution < -0.4 is 11.1 Å². The number of aryl methyl sites for hydroxylation is 2. The Balaban J connectivity index is 2.64. The highest BCUT2D eigenvalue weighted by atomic mass is 32.1. The Morgan fingerprint density at radius 1 is 1.50 bits per heavy atom. The molecule has 0 aliphatic carbocycles. The molecule has 0 radical (unpaired) electrons. The van der Waals surface area contributed by atoms with E-state index in [4.69, 9.17) is 10.8 Å². The largest absolute Gasteiger partial charge is 0.481 e. The van der Waals surface area contributed by atoms with E-state index in [1.807, 2.05) is 20.8 Å². The van der Waals surface area contributed by atoms with E-state index in [-0.39, 0.29) is 12.5 Å². The number of hydrogen-bond donors (Lipinski definition) is 3. The normalized spacial score (nSPS) is 14.0. The van der Waals surface area contributed by atoms with E-state index in [0.717, 1.165) is 15.6 Å². The molecular weight excluding hydrogens is 254 g/mol. The summed E-state index contributed by atoms with van der Waals surface area (Å²) in [7, 11) is 0. The fourth-order valence-electron chi connectivity index (χ4n) is 1.62. The number of amides is 1. The van der Waals surface area contributed by atoms with Crippen LogP contribution >= 0.6 is 11.3 Å². The summed E-state index contributed by atoms with van der Waals surface area (Å²) in [5.74, 6) is -1.55. The van der Waals surface area contributed by atoms with Gasteiger partial charge in [-0.15, -0.1) is 11.3 Å². The molecule has 1 heterocycles. The average molecular weight is 271 g/mol. The summed E-state index contributed by atoms with van der Waals surface area (Å²) in [4.78, 5) is 27.4. The van der Waals surface area contributed by atoms with Crippen molar-refractivity contribution in [2.75, 3.05) is 0 Å². The van der Waals surface area contributed by atoms with Crippen molar-refractivity contribution in [3.63, 3.8) is 0 Å². The first kappa shape index (κ1) is 14.6. The van der Waals surface area contributed by atoms with Crippen molar-refractivity contribution in [2.45, 2.75) is 39.3 Å². The van der Waals surface area contributed by atoms with E-state index in [2.05, 4.69) is 10.3 Å². The second-order valence-corrected chi connectivity index (χ2v) is 5.35. The maximum absolute atomic E-state index is 11.7. The van der Waals surface area contributed by atoms with E-state index in [0.29, 0.717) is 0 Å². The molecule has 1 rings (SSSR count). The van der Waals surface area contributed by atoms with Gasteiger partial charge in [-0.1, -0.05) is 0 Å². The highest BCUT2D eigenvalue weighted by molar-refractivity contribution is 7.11. The number of nitrogens with zero attached hydrogens (tertiary/aromatic N) is 1. The van der Waals surface area contributed by atoms with Crippen LogP contribution in [0.3, 0.4) is 0 Å². The van der Waals surface area contributed by atoms with E-state index in [9.17, 15) is 9.59 Å². The van der Waals surface area contributed by atoms with Crippen LogP contribution in [0.4, 0.5) is 0 Å². The van der Waals surface area contributed by atoms with Crippen LogP contribution in [0.2, 0.25) is 0 Å². The predicted molar refractivity (Wildman–Crippen MR) is 68.4 cm³/mol. The van der Waals surface area contributed by atoms with Crippen LogP contribution in [0, 0.1) is 13.8 Å². The van der Waals surface area contributed by atoms with Crippen molar-refractivity contribution >= 4 is 23.2 Å². The zero-order valence-electron chi connectivity index (χ0n) is 10.6. The summed E-state index contributed by atoms with van der Waals surface area (Å²) in [6, 6.07) is -1.25. The summed E-state index contributed by atoms with van der Waals surface area (Å²) in [5.41, 5.74) is 6.36. The highest BCUT2D eigenvalue weighted by Gasteiger charge is 2.21. The Labute approximate surface area is 109 Å². The van der Waals surface area contributed by atoms with Gasteiger partial charge in [0.25, 0.3) is 0 Å². The number of aromatic nitrogens is 1. The number of thiazole rings is 1. The molecule has 0 saturated heterocycles. The fraction of sp³-hybridized carbons (Fsp3) is 0.545. The van der Waals surface area contributed by atoms with Gasteiger partial charge in [0.2, 0.25) is 5.91 Å². The van der Waals surface area contributed by atoms with E-state index in [1.165, 1.54) is 11.3 Å². The molecule has 1 aromatic rings. The topological polar surface area (TPSA) is 105 Å². The summed E-state index contributed by atoms with van der Waals surface area (Å²) < 4.78 is 0. The lowest BCUT2D eigenvalue weighted by Gasteiger charge is -2.15. The first-order valence-electron chi connectivity index (χ1n) is 5.53. The predicted octanol–water partition coefficient (Wildman–Crippen LogP) is 0.739. The van der Waals surface area contributed by atoms with Crippen LogP contribution in [-0.2, 0) is 9.59 Å². The smallest absolute Gasteiger partial charge is 0.305 e. The molecule has 100 valence electrons. The zero-order valence-corrected chi connectivity index (χ0v) is 11.4. The number of carboxylic acid groups (broad SMARTS) is 1. The highest BCUT2D eigenvalue weighted by Crippen LogP contribution is 2.24. The van der Waals surface area contributed by atoms with E-state index >= 15 is 0 Å². The first-order valence-corrected chi connectivity index (χ1v) is 6.34. The molecule has 0 bridgehead atoms. The molecule has 1 aromatic heterocycles. The molecule has 1 amide bonds. The maximum Gasteiger partial charge on any atom is 0.305 e. The van der Waals surface area contributed by atoms with Crippen molar-refractivity contribution in [2.24, 2.45) is 5.73 Å². The Hall–Kier alpha value is -1.47. The van der Waals surface area contributed by atoms with Crippen LogP contribution in [-0.4, -0.2) is 28.0 Å². The molecule has 0 aliphatic rings. The van der Waals surface area contributed by atoms with E-state index < -0.39 is 17.9 Å². The maximum atomic E-state index is 11.7. The lowest BCUT2D eigenvalue weighted by atomic mass is 10.2. The minimum Gasteiger partial charge on any atom is -0.481 e. The second kappa shape index (κ2) is 5.92. The van der Waals surface area contributed by atoms with Gasteiger partial charge in [-0.05, 0) is 20.8 Å². The molecule has 0 fully saturated rings. The summed E-state index contributed by atoms with van der Waals surface area (Å²) in [6.07, 6.45) is -0.376. The third-order valence-corrected chi connectivity index (χ3v) is 3.68. The number of carbonyl (C=O) groups excluding carboxylic acids is 1. The van der Waals surface area contributed by atoms with Crippen LogP contribution in [0.5, 0.6) is 0 Å². The number of carboxylic acids is 1. The molecule has 18 heavy (non-hydrogen) atoms. The van der Waals surface area contributed by atoms with Gasteiger partial charge in [0.05, 0.1) is 29.2 Å². The SMILES string of the molecule is Cc1nc(C)c(C(C)NC(=O)C(N)CC(=O)O)s1. The third kappa shape index (κ3) is 3.78. The lowest BCUT2D eigenvalue weighted by Crippen LogP contribution is -2.42. The van der Waals surface area contributed by atoms with Crippen LogP contribution in [0.25, 0.3) is 0 Å². The zero-order chi connectivity index (χ0) is 13.9. The Morgan fingerprint density at radius 3 is 2.56 bits per heavy atom. The van der Waals surface area contributed by atoms with Gasteiger partial charge in [0.1, 0.15) is 0 Å². The van der Waals surface area contributed by atoms with Gasteiger partial charge in [0, 0.05) is 4.88 Å². The summed E-state index contributed by atoms with van der Waals surface area (Å²) >= 11 is 1.51. The number of rotatable bonds is 5. The van der Waals surface area contributed by atoms with Crippen molar-refractivity contribution in [3.8, 4) is 0 Å². The number of nitrogens with one attached hydrogen (secondary N) is 1. The van der Waals surface area contributed by atoms with Gasteiger partial charge >= 0.3 is 5.97 Å². The Morgan fingerprint density at radius 2 is 2.11 bits per heavy atom. The van der Waals surface area contributed by atoms with Crippen molar-refractivity contribution in [1.29, 1.82) is 0 Å². The third-order valence-electron chi connectivity index (χ3n) is 2.42. The lowest BCUT2D eigenvalue weighted by molar-refractivity contribution is -0.139. The molecule has 0 spiro atoms. The van der Waals surface area contributed by atoms with Crippen molar-refractivity contribution in [1.82, 2.24) is 10.3 Å². The molecule has 0 saturated carbocycles. The van der Waals surface area contributed by atoms with Gasteiger partial charge in [-0.2, -0.15) is 0 Å². The Bertz CT molecular complexity index is 458. The van der Waals surface area contributed by atoms with Gasteiger partial charge in [-0.3, -0.25) is 9.59 Å². The van der Waals surface area contributed by atoms with Crippen molar-refractivity contribution in [3.05, 3.63) is 15.6 Å². The van der Waals surface area contributed by atoms with Crippen LogP contribution in [0.15, 0.2) is 0 Å². The fourth-order valence-corrected chi connectivity index (χ4v) is 2.55. The molecule has 0 aliphatic heterocycles. The van der Waals surface area contributed by atoms with Gasteiger partial charge in [-0.25, -0.2) is 4.98 Å². The van der Waals surface area contributed by atoms with Gasteiger partial charge < -0.3 is 16.2 Å². The molecule has 6 nitrogen and oxygen atoms in total. The molecule has 2 atom stereocenters. The monoisotopic (exact) mass is 271 g/mol. The summed E-state index contributed by atoms with van der Waals surface area (Å²) in [6.45, 7) is 5.59. The Kier molecular flexibility index (Phi) is 4.80. The first-order chi connectivity index (χ1) is 8.31. The number of nitrogens with two attached hydrogens (primary N) is 1. The second-order valence-electron chi connectivity index (χ2n) is 4.12. The number of carbonyl (C=O) groups is 2. The number of aliphatic carboxylic acids is 1. The molecular formula is C11H17N3O3S. The quantitative estimate of drug-likeness (QED) is 0.732. The van der Waals surface area contributed by atoms with E-state index in [1.54, 1.807) is 0 Å². The van der Waals surface area contributed by atoms with Crippen molar-refractivity contribution < 1.29 is 14.7 Å². The van der Waals surface area contributed by atoms with Gasteiger partial charge in [0.15, 0.2) is 0 Å².